The van der Waals surface area contributed by atoms with Crippen molar-refractivity contribution < 1.29 is 9.53 Å². The largest absolute Gasteiger partial charge is 0.484 e. The van der Waals surface area contributed by atoms with Gasteiger partial charge in [-0.1, -0.05) is 13.0 Å². The van der Waals surface area contributed by atoms with Gasteiger partial charge in [0.2, 0.25) is 0 Å². The lowest BCUT2D eigenvalue weighted by atomic mass is 10.1. The molecule has 1 rings (SSSR count). The first kappa shape index (κ1) is 14.2. The van der Waals surface area contributed by atoms with Crippen molar-refractivity contribution in [1.82, 2.24) is 5.43 Å². The standard InChI is InChI=1S/C14H20N2O2/c1-5-12(4)15-16-14(17)9-18-13-7-10(2)6-11(3)8-13/h6-8H,5,9H2,1-4H3,(H,16,17)/b15-12-. The summed E-state index contributed by atoms with van der Waals surface area (Å²) in [6.45, 7) is 7.81. The summed E-state index contributed by atoms with van der Waals surface area (Å²) in [5, 5.41) is 3.93. The lowest BCUT2D eigenvalue weighted by Gasteiger charge is -2.07. The molecule has 0 fully saturated rings. The monoisotopic (exact) mass is 248 g/mol. The second kappa shape index (κ2) is 6.79. The van der Waals surface area contributed by atoms with Crippen LogP contribution in [0.15, 0.2) is 23.3 Å². The molecule has 0 heterocycles. The molecule has 0 aliphatic carbocycles. The summed E-state index contributed by atoms with van der Waals surface area (Å²) >= 11 is 0. The number of carbonyl (C=O) groups is 1. The van der Waals surface area contributed by atoms with Gasteiger partial charge in [0.1, 0.15) is 5.75 Å². The summed E-state index contributed by atoms with van der Waals surface area (Å²) < 4.78 is 5.41. The predicted molar refractivity (Wildman–Crippen MR) is 73.0 cm³/mol. The number of hydrogen-bond acceptors (Lipinski definition) is 3. The van der Waals surface area contributed by atoms with Gasteiger partial charge in [0, 0.05) is 5.71 Å². The number of hydrogen-bond donors (Lipinski definition) is 1. The Balaban J connectivity index is 2.47. The first-order valence-electron chi connectivity index (χ1n) is 6.04. The Morgan fingerprint density at radius 2 is 1.89 bits per heavy atom. The van der Waals surface area contributed by atoms with E-state index in [0.29, 0.717) is 5.75 Å². The van der Waals surface area contributed by atoms with Crippen LogP contribution in [0.4, 0.5) is 0 Å². The number of amides is 1. The zero-order valence-corrected chi connectivity index (χ0v) is 11.4. The van der Waals surface area contributed by atoms with Crippen molar-refractivity contribution >= 4 is 11.6 Å². The number of nitrogens with one attached hydrogen (secondary N) is 1. The highest BCUT2D eigenvalue weighted by atomic mass is 16.5. The molecule has 0 radical (unpaired) electrons. The first-order chi connectivity index (χ1) is 8.51. The quantitative estimate of drug-likeness (QED) is 0.643. The van der Waals surface area contributed by atoms with Crippen LogP contribution < -0.4 is 10.2 Å². The van der Waals surface area contributed by atoms with Crippen LogP contribution in [0.5, 0.6) is 5.75 Å². The molecule has 0 bridgehead atoms. The summed E-state index contributed by atoms with van der Waals surface area (Å²) in [4.78, 5) is 11.5. The second-order valence-electron chi connectivity index (χ2n) is 4.35. The summed E-state index contributed by atoms with van der Waals surface area (Å²) in [5.74, 6) is 0.459. The van der Waals surface area contributed by atoms with Gasteiger partial charge in [-0.25, -0.2) is 5.43 Å². The van der Waals surface area contributed by atoms with Crippen LogP contribution >= 0.6 is 0 Å². The van der Waals surface area contributed by atoms with E-state index in [1.165, 1.54) is 0 Å². The molecule has 4 heteroatoms. The van der Waals surface area contributed by atoms with Gasteiger partial charge in [-0.15, -0.1) is 0 Å². The Hall–Kier alpha value is -1.84. The van der Waals surface area contributed by atoms with Gasteiger partial charge in [-0.05, 0) is 50.5 Å². The number of rotatable bonds is 5. The van der Waals surface area contributed by atoms with Crippen LogP contribution in [0.1, 0.15) is 31.4 Å². The van der Waals surface area contributed by atoms with Gasteiger partial charge < -0.3 is 4.74 Å². The van der Waals surface area contributed by atoms with Crippen LogP contribution in [0, 0.1) is 13.8 Å². The minimum Gasteiger partial charge on any atom is -0.484 e. The molecule has 0 atom stereocenters. The van der Waals surface area contributed by atoms with Crippen LogP contribution in [0.25, 0.3) is 0 Å². The minimum absolute atomic E-state index is 0.0244. The van der Waals surface area contributed by atoms with E-state index in [0.717, 1.165) is 23.3 Å². The fourth-order valence-corrected chi connectivity index (χ4v) is 1.43. The number of benzene rings is 1. The van der Waals surface area contributed by atoms with Crippen molar-refractivity contribution in [1.29, 1.82) is 0 Å². The third-order valence-corrected chi connectivity index (χ3v) is 2.45. The fraction of sp³-hybridized carbons (Fsp3) is 0.429. The molecule has 1 aromatic carbocycles. The van der Waals surface area contributed by atoms with Crippen molar-refractivity contribution in [3.05, 3.63) is 29.3 Å². The summed E-state index contributed by atoms with van der Waals surface area (Å²) in [7, 11) is 0. The Morgan fingerprint density at radius 3 is 2.44 bits per heavy atom. The average Bonchev–Trinajstić information content (AvgIpc) is 2.32. The molecule has 0 aliphatic rings. The molecule has 1 N–H and O–H groups in total. The highest BCUT2D eigenvalue weighted by Gasteiger charge is 2.02. The summed E-state index contributed by atoms with van der Waals surface area (Å²) in [6.07, 6.45) is 0.818. The average molecular weight is 248 g/mol. The Morgan fingerprint density at radius 1 is 1.28 bits per heavy atom. The SMILES string of the molecule is CC/C(C)=N\NC(=O)COc1cc(C)cc(C)c1. The molecule has 0 aromatic heterocycles. The lowest BCUT2D eigenvalue weighted by molar-refractivity contribution is -0.123. The van der Waals surface area contributed by atoms with E-state index < -0.39 is 0 Å². The number of carbonyl (C=O) groups excluding carboxylic acids is 1. The second-order valence-corrected chi connectivity index (χ2v) is 4.35. The molecule has 0 aliphatic heterocycles. The van der Waals surface area contributed by atoms with E-state index in [1.54, 1.807) is 0 Å². The number of ether oxygens (including phenoxy) is 1. The molecular weight excluding hydrogens is 228 g/mol. The first-order valence-corrected chi connectivity index (χ1v) is 6.04. The molecule has 1 aromatic rings. The van der Waals surface area contributed by atoms with Crippen molar-refractivity contribution in [2.45, 2.75) is 34.1 Å². The molecule has 4 nitrogen and oxygen atoms in total. The van der Waals surface area contributed by atoms with E-state index in [1.807, 2.05) is 39.8 Å². The minimum atomic E-state index is -0.248. The highest BCUT2D eigenvalue weighted by Crippen LogP contribution is 2.15. The molecule has 0 saturated heterocycles. The predicted octanol–water partition coefficient (Wildman–Crippen LogP) is 2.58. The smallest absolute Gasteiger partial charge is 0.277 e. The van der Waals surface area contributed by atoms with Gasteiger partial charge in [0.15, 0.2) is 6.61 Å². The van der Waals surface area contributed by atoms with E-state index in [2.05, 4.69) is 16.6 Å². The van der Waals surface area contributed by atoms with Crippen LogP contribution in [0.2, 0.25) is 0 Å². The number of hydrazone groups is 1. The van der Waals surface area contributed by atoms with Crippen molar-refractivity contribution in [3.63, 3.8) is 0 Å². The van der Waals surface area contributed by atoms with Gasteiger partial charge in [0.05, 0.1) is 0 Å². The molecule has 18 heavy (non-hydrogen) atoms. The third kappa shape index (κ3) is 4.99. The van der Waals surface area contributed by atoms with Gasteiger partial charge in [-0.3, -0.25) is 4.79 Å². The van der Waals surface area contributed by atoms with E-state index in [-0.39, 0.29) is 12.5 Å². The van der Waals surface area contributed by atoms with E-state index in [4.69, 9.17) is 4.74 Å². The maximum atomic E-state index is 11.5. The molecule has 0 saturated carbocycles. The zero-order valence-electron chi connectivity index (χ0n) is 11.4. The fourth-order valence-electron chi connectivity index (χ4n) is 1.43. The van der Waals surface area contributed by atoms with Gasteiger partial charge >= 0.3 is 0 Å². The maximum absolute atomic E-state index is 11.5. The summed E-state index contributed by atoms with van der Waals surface area (Å²) in [6, 6.07) is 5.86. The lowest BCUT2D eigenvalue weighted by Crippen LogP contribution is -2.25. The van der Waals surface area contributed by atoms with Crippen LogP contribution in [0.3, 0.4) is 0 Å². The molecule has 1 amide bonds. The number of nitrogens with zero attached hydrogens (tertiary/aromatic N) is 1. The number of aryl methyl sites for hydroxylation is 2. The van der Waals surface area contributed by atoms with Crippen molar-refractivity contribution in [2.24, 2.45) is 5.10 Å². The third-order valence-electron chi connectivity index (χ3n) is 2.45. The molecule has 0 unspecified atom stereocenters. The normalized spacial score (nSPS) is 11.2. The van der Waals surface area contributed by atoms with E-state index >= 15 is 0 Å². The van der Waals surface area contributed by atoms with E-state index in [9.17, 15) is 4.79 Å². The maximum Gasteiger partial charge on any atom is 0.277 e. The Labute approximate surface area is 108 Å². The van der Waals surface area contributed by atoms with Gasteiger partial charge in [0.25, 0.3) is 5.91 Å². The zero-order chi connectivity index (χ0) is 13.5. The topological polar surface area (TPSA) is 50.7 Å². The molecule has 98 valence electrons. The van der Waals surface area contributed by atoms with Crippen LogP contribution in [-0.4, -0.2) is 18.2 Å². The van der Waals surface area contributed by atoms with Crippen molar-refractivity contribution in [2.75, 3.05) is 6.61 Å². The van der Waals surface area contributed by atoms with Crippen LogP contribution in [-0.2, 0) is 4.79 Å². The highest BCUT2D eigenvalue weighted by molar-refractivity contribution is 5.84. The van der Waals surface area contributed by atoms with Crippen molar-refractivity contribution in [3.8, 4) is 5.75 Å². The molecular formula is C14H20N2O2. The Kier molecular flexibility index (Phi) is 5.36. The Bertz CT molecular complexity index is 433. The van der Waals surface area contributed by atoms with Gasteiger partial charge in [-0.2, -0.15) is 5.10 Å². The summed E-state index contributed by atoms with van der Waals surface area (Å²) in [5.41, 5.74) is 5.57. The molecule has 0 spiro atoms.